The Labute approximate surface area is 167 Å². The van der Waals surface area contributed by atoms with Crippen LogP contribution in [0.3, 0.4) is 0 Å². The molecule has 0 aliphatic carbocycles. The van der Waals surface area contributed by atoms with Gasteiger partial charge >= 0.3 is 0 Å². The second kappa shape index (κ2) is 7.98. The Hall–Kier alpha value is -1.93. The molecule has 3 aromatic heterocycles. The highest BCUT2D eigenvalue weighted by Crippen LogP contribution is 2.36. The Morgan fingerprint density at radius 1 is 1.30 bits per heavy atom. The molecule has 1 amide bonds. The third-order valence-corrected chi connectivity index (χ3v) is 6.88. The molecule has 0 saturated heterocycles. The van der Waals surface area contributed by atoms with Crippen LogP contribution in [-0.4, -0.2) is 30.9 Å². The summed E-state index contributed by atoms with van der Waals surface area (Å²) in [5.74, 6) is 1.40. The Balaban J connectivity index is 1.82. The van der Waals surface area contributed by atoms with Crippen LogP contribution < -0.4 is 5.32 Å². The van der Waals surface area contributed by atoms with E-state index in [4.69, 9.17) is 0 Å². The quantitative estimate of drug-likeness (QED) is 0.468. The first-order chi connectivity index (χ1) is 12.8. The molecule has 0 aliphatic rings. The van der Waals surface area contributed by atoms with Gasteiger partial charge in [-0.25, -0.2) is 14.6 Å². The molecule has 2 atom stereocenters. The van der Waals surface area contributed by atoms with Gasteiger partial charge in [-0.1, -0.05) is 18.7 Å². The number of carbonyl (C=O) groups is 1. The lowest BCUT2D eigenvalue weighted by Crippen LogP contribution is -2.25. The topological polar surface area (TPSA) is 72.7 Å². The van der Waals surface area contributed by atoms with Gasteiger partial charge in [-0.2, -0.15) is 5.10 Å². The van der Waals surface area contributed by atoms with Gasteiger partial charge in [-0.3, -0.25) is 4.79 Å². The number of anilines is 1. The van der Waals surface area contributed by atoms with Crippen LogP contribution in [0.15, 0.2) is 17.3 Å². The number of thiophene rings is 1. The molecular weight excluding hydrogens is 378 g/mol. The first-order valence-corrected chi connectivity index (χ1v) is 10.8. The molecule has 3 aromatic rings. The summed E-state index contributed by atoms with van der Waals surface area (Å²) in [4.78, 5) is 24.2. The first-order valence-electron chi connectivity index (χ1n) is 9.07. The number of hydrogen-bond acceptors (Lipinski definition) is 6. The third-order valence-electron chi connectivity index (χ3n) is 4.69. The number of nitrogens with one attached hydrogen (secondary N) is 1. The summed E-state index contributed by atoms with van der Waals surface area (Å²) in [5.41, 5.74) is 1.19. The molecule has 0 aromatic carbocycles. The molecule has 0 saturated carbocycles. The molecule has 0 spiro atoms. The second-order valence-electron chi connectivity index (χ2n) is 6.71. The highest BCUT2D eigenvalue weighted by Gasteiger charge is 2.21. The largest absolute Gasteiger partial charge is 0.310 e. The molecule has 8 heteroatoms. The van der Waals surface area contributed by atoms with Crippen LogP contribution >= 0.6 is 23.1 Å². The van der Waals surface area contributed by atoms with Crippen molar-refractivity contribution in [3.8, 4) is 0 Å². The fourth-order valence-electron chi connectivity index (χ4n) is 2.79. The number of nitrogens with zero attached hydrogens (tertiary/aromatic N) is 4. The number of fused-ring (bicyclic) bond motifs is 1. The lowest BCUT2D eigenvalue weighted by atomic mass is 10.2. The summed E-state index contributed by atoms with van der Waals surface area (Å²) in [6.07, 6.45) is 2.66. The lowest BCUT2D eigenvalue weighted by Gasteiger charge is -2.16. The van der Waals surface area contributed by atoms with E-state index >= 15 is 0 Å². The number of thioether (sulfide) groups is 1. The first kappa shape index (κ1) is 19.8. The predicted molar refractivity (Wildman–Crippen MR) is 113 cm³/mol. The molecule has 144 valence electrons. The van der Waals surface area contributed by atoms with Crippen LogP contribution in [0.4, 0.5) is 5.82 Å². The molecule has 3 heterocycles. The number of carbonyl (C=O) groups excluding carboxylic acids is 1. The molecule has 3 rings (SSSR count). The fourth-order valence-corrected chi connectivity index (χ4v) is 4.98. The van der Waals surface area contributed by atoms with E-state index in [-0.39, 0.29) is 17.2 Å². The van der Waals surface area contributed by atoms with Crippen molar-refractivity contribution in [2.45, 2.75) is 64.3 Å². The van der Waals surface area contributed by atoms with Gasteiger partial charge in [0.1, 0.15) is 21.5 Å². The van der Waals surface area contributed by atoms with Crippen molar-refractivity contribution in [2.24, 2.45) is 0 Å². The van der Waals surface area contributed by atoms with E-state index in [1.165, 1.54) is 22.2 Å². The van der Waals surface area contributed by atoms with Crippen molar-refractivity contribution in [1.29, 1.82) is 0 Å². The maximum atomic E-state index is 12.8. The van der Waals surface area contributed by atoms with Crippen molar-refractivity contribution < 1.29 is 4.79 Å². The average molecular weight is 404 g/mol. The van der Waals surface area contributed by atoms with Crippen LogP contribution in [0.1, 0.15) is 49.5 Å². The molecule has 27 heavy (non-hydrogen) atoms. The minimum Gasteiger partial charge on any atom is -0.310 e. The fraction of sp³-hybridized carbons (Fsp3) is 0.474. The van der Waals surface area contributed by atoms with Crippen molar-refractivity contribution in [3.63, 3.8) is 0 Å². The van der Waals surface area contributed by atoms with E-state index in [1.807, 2.05) is 24.6 Å². The standard InChI is InChI=1S/C19H25N5OS2/c1-7-10(2)24-15(8-9-20-24)23-17(25)13(5)27-19-16-11(3)12(4)26-18(16)21-14(6)22-19/h8-10,13H,7H2,1-6H3,(H,23,25)/t10-,13-/m1/s1. The van der Waals surface area contributed by atoms with Crippen molar-refractivity contribution >= 4 is 45.0 Å². The van der Waals surface area contributed by atoms with E-state index in [0.29, 0.717) is 0 Å². The van der Waals surface area contributed by atoms with E-state index in [1.54, 1.807) is 17.5 Å². The second-order valence-corrected chi connectivity index (χ2v) is 9.24. The molecule has 1 N–H and O–H groups in total. The highest BCUT2D eigenvalue weighted by molar-refractivity contribution is 8.00. The van der Waals surface area contributed by atoms with Gasteiger partial charge < -0.3 is 5.32 Å². The Kier molecular flexibility index (Phi) is 5.86. The maximum Gasteiger partial charge on any atom is 0.238 e. The summed E-state index contributed by atoms with van der Waals surface area (Å²) in [6, 6.07) is 2.07. The van der Waals surface area contributed by atoms with Crippen LogP contribution in [0.2, 0.25) is 0 Å². The van der Waals surface area contributed by atoms with Gasteiger partial charge in [-0.05, 0) is 46.6 Å². The van der Waals surface area contributed by atoms with Gasteiger partial charge in [0.05, 0.1) is 17.5 Å². The number of amides is 1. The third kappa shape index (κ3) is 4.01. The molecule has 0 unspecified atom stereocenters. The van der Waals surface area contributed by atoms with E-state index in [0.717, 1.165) is 33.3 Å². The zero-order chi connectivity index (χ0) is 19.7. The molecular formula is C19H25N5OS2. The normalized spacial score (nSPS) is 13.7. The minimum atomic E-state index is -0.289. The summed E-state index contributed by atoms with van der Waals surface area (Å²) in [5, 5.41) is 8.98. The molecule has 6 nitrogen and oxygen atoms in total. The summed E-state index contributed by atoms with van der Waals surface area (Å²) >= 11 is 3.16. The van der Waals surface area contributed by atoms with Gasteiger partial charge in [-0.15, -0.1) is 11.3 Å². The van der Waals surface area contributed by atoms with E-state index < -0.39 is 0 Å². The van der Waals surface area contributed by atoms with Crippen LogP contribution in [0.5, 0.6) is 0 Å². The Bertz CT molecular complexity index is 978. The number of hydrogen-bond donors (Lipinski definition) is 1. The lowest BCUT2D eigenvalue weighted by molar-refractivity contribution is -0.115. The Morgan fingerprint density at radius 3 is 2.74 bits per heavy atom. The SMILES string of the molecule is CC[C@@H](C)n1nccc1NC(=O)[C@@H](C)Sc1nc(C)nc2sc(C)c(C)c12. The van der Waals surface area contributed by atoms with Gasteiger partial charge in [0.25, 0.3) is 0 Å². The number of aryl methyl sites for hydroxylation is 3. The molecule has 0 fully saturated rings. The van der Waals surface area contributed by atoms with Gasteiger partial charge in [0.2, 0.25) is 5.91 Å². The van der Waals surface area contributed by atoms with Gasteiger partial charge in [0.15, 0.2) is 0 Å². The monoisotopic (exact) mass is 403 g/mol. The van der Waals surface area contributed by atoms with Crippen LogP contribution in [-0.2, 0) is 4.79 Å². The zero-order valence-electron chi connectivity index (χ0n) is 16.5. The summed E-state index contributed by atoms with van der Waals surface area (Å²) in [6.45, 7) is 12.2. The van der Waals surface area contributed by atoms with E-state index in [2.05, 4.69) is 48.1 Å². The van der Waals surface area contributed by atoms with Gasteiger partial charge in [0, 0.05) is 16.3 Å². The van der Waals surface area contributed by atoms with Crippen molar-refractivity contribution in [3.05, 3.63) is 28.5 Å². The minimum absolute atomic E-state index is 0.0564. The van der Waals surface area contributed by atoms with Crippen molar-refractivity contribution in [1.82, 2.24) is 19.7 Å². The molecule has 0 bridgehead atoms. The van der Waals surface area contributed by atoms with Crippen LogP contribution in [0.25, 0.3) is 10.2 Å². The zero-order valence-corrected chi connectivity index (χ0v) is 18.2. The summed E-state index contributed by atoms with van der Waals surface area (Å²) < 4.78 is 1.86. The van der Waals surface area contributed by atoms with Crippen LogP contribution in [0, 0.1) is 20.8 Å². The molecule has 0 radical (unpaired) electrons. The molecule has 0 aliphatic heterocycles. The Morgan fingerprint density at radius 2 is 2.04 bits per heavy atom. The highest BCUT2D eigenvalue weighted by atomic mass is 32.2. The maximum absolute atomic E-state index is 12.8. The van der Waals surface area contributed by atoms with E-state index in [9.17, 15) is 4.79 Å². The van der Waals surface area contributed by atoms with Crippen molar-refractivity contribution in [2.75, 3.05) is 5.32 Å². The average Bonchev–Trinajstić information content (AvgIpc) is 3.18. The summed E-state index contributed by atoms with van der Waals surface area (Å²) in [7, 11) is 0. The smallest absolute Gasteiger partial charge is 0.238 e. The predicted octanol–water partition coefficient (Wildman–Crippen LogP) is 4.90. The number of rotatable bonds is 6. The number of aromatic nitrogens is 4.